The van der Waals surface area contributed by atoms with Crippen LogP contribution in [-0.2, 0) is 13.5 Å². The van der Waals surface area contributed by atoms with Gasteiger partial charge in [-0.1, -0.05) is 24.6 Å². The molecule has 0 saturated carbocycles. The molecule has 1 unspecified atom stereocenters. The minimum atomic E-state index is 0.169. The molecule has 2 aromatic rings. The number of aryl methyl sites for hydroxylation is 2. The summed E-state index contributed by atoms with van der Waals surface area (Å²) in [6, 6.07) is 6.45. The zero-order valence-corrected chi connectivity index (χ0v) is 13.3. The summed E-state index contributed by atoms with van der Waals surface area (Å²) in [7, 11) is 3.64. The number of nitrogens with zero attached hydrogens (tertiary/aromatic N) is 3. The van der Waals surface area contributed by atoms with Crippen LogP contribution in [0.5, 0.6) is 5.75 Å². The highest BCUT2D eigenvalue weighted by molar-refractivity contribution is 5.39. The molecule has 1 aromatic heterocycles. The van der Waals surface area contributed by atoms with Crippen LogP contribution in [0.2, 0.25) is 0 Å². The maximum atomic E-state index is 5.53. The van der Waals surface area contributed by atoms with Gasteiger partial charge >= 0.3 is 0 Å². The van der Waals surface area contributed by atoms with E-state index in [0.717, 1.165) is 31.0 Å². The third-order valence-corrected chi connectivity index (χ3v) is 3.59. The van der Waals surface area contributed by atoms with Crippen molar-refractivity contribution in [1.29, 1.82) is 0 Å². The van der Waals surface area contributed by atoms with Gasteiger partial charge in [0.25, 0.3) is 0 Å². The normalized spacial score (nSPS) is 12.4. The maximum Gasteiger partial charge on any atom is 0.138 e. The molecule has 1 aromatic carbocycles. The van der Waals surface area contributed by atoms with Crippen molar-refractivity contribution < 1.29 is 4.74 Å². The fourth-order valence-electron chi connectivity index (χ4n) is 2.42. The van der Waals surface area contributed by atoms with E-state index in [4.69, 9.17) is 4.74 Å². The Balaban J connectivity index is 2.31. The summed E-state index contributed by atoms with van der Waals surface area (Å²) < 4.78 is 7.35. The first-order chi connectivity index (χ1) is 10.2. The van der Waals surface area contributed by atoms with Gasteiger partial charge in [0.05, 0.1) is 7.11 Å². The molecule has 0 spiro atoms. The third-order valence-electron chi connectivity index (χ3n) is 3.59. The standard InChI is InChI=1S/C16H24N4O/c1-5-8-17-14(10-16-18-11-19-20(16)3)13-9-12(2)6-7-15(13)21-4/h6-7,9,11,14,17H,5,8,10H2,1-4H3. The Kier molecular flexibility index (Phi) is 5.33. The van der Waals surface area contributed by atoms with Gasteiger partial charge in [-0.25, -0.2) is 4.98 Å². The molecule has 21 heavy (non-hydrogen) atoms. The minimum absolute atomic E-state index is 0.169. The van der Waals surface area contributed by atoms with Crippen molar-refractivity contribution in [1.82, 2.24) is 20.1 Å². The fraction of sp³-hybridized carbons (Fsp3) is 0.500. The second-order valence-electron chi connectivity index (χ2n) is 5.26. The van der Waals surface area contributed by atoms with Gasteiger partial charge in [0.15, 0.2) is 0 Å². The zero-order valence-electron chi connectivity index (χ0n) is 13.3. The molecule has 5 nitrogen and oxygen atoms in total. The highest BCUT2D eigenvalue weighted by Crippen LogP contribution is 2.28. The summed E-state index contributed by atoms with van der Waals surface area (Å²) in [6.07, 6.45) is 3.47. The van der Waals surface area contributed by atoms with Crippen molar-refractivity contribution in [2.24, 2.45) is 7.05 Å². The van der Waals surface area contributed by atoms with Gasteiger partial charge in [0, 0.05) is 25.1 Å². The summed E-state index contributed by atoms with van der Waals surface area (Å²) in [5, 5.41) is 7.74. The summed E-state index contributed by atoms with van der Waals surface area (Å²) in [6.45, 7) is 5.22. The molecule has 0 radical (unpaired) electrons. The molecule has 1 heterocycles. The SMILES string of the molecule is CCCNC(Cc1ncnn1C)c1cc(C)ccc1OC. The topological polar surface area (TPSA) is 52.0 Å². The number of methoxy groups -OCH3 is 1. The average Bonchev–Trinajstić information content (AvgIpc) is 2.88. The second-order valence-corrected chi connectivity index (χ2v) is 5.26. The number of hydrogen-bond donors (Lipinski definition) is 1. The van der Waals surface area contributed by atoms with E-state index < -0.39 is 0 Å². The molecule has 0 fully saturated rings. The Morgan fingerprint density at radius 2 is 2.19 bits per heavy atom. The van der Waals surface area contributed by atoms with E-state index in [1.807, 2.05) is 17.8 Å². The van der Waals surface area contributed by atoms with Crippen molar-refractivity contribution >= 4 is 0 Å². The van der Waals surface area contributed by atoms with Gasteiger partial charge in [0.2, 0.25) is 0 Å². The van der Waals surface area contributed by atoms with Crippen molar-refractivity contribution in [3.63, 3.8) is 0 Å². The molecule has 0 bridgehead atoms. The van der Waals surface area contributed by atoms with Crippen LogP contribution in [0.15, 0.2) is 24.5 Å². The fourth-order valence-corrected chi connectivity index (χ4v) is 2.42. The zero-order chi connectivity index (χ0) is 15.2. The number of benzene rings is 1. The lowest BCUT2D eigenvalue weighted by Gasteiger charge is -2.21. The van der Waals surface area contributed by atoms with Gasteiger partial charge < -0.3 is 10.1 Å². The highest BCUT2D eigenvalue weighted by atomic mass is 16.5. The summed E-state index contributed by atoms with van der Waals surface area (Å²) in [5.41, 5.74) is 2.40. The molecule has 1 N–H and O–H groups in total. The van der Waals surface area contributed by atoms with Crippen LogP contribution in [0.4, 0.5) is 0 Å². The summed E-state index contributed by atoms with van der Waals surface area (Å²) >= 11 is 0. The van der Waals surface area contributed by atoms with Crippen molar-refractivity contribution in [2.45, 2.75) is 32.7 Å². The second kappa shape index (κ2) is 7.22. The van der Waals surface area contributed by atoms with Crippen LogP contribution in [-0.4, -0.2) is 28.4 Å². The number of aromatic nitrogens is 3. The molecular formula is C16H24N4O. The van der Waals surface area contributed by atoms with E-state index in [9.17, 15) is 0 Å². The maximum absolute atomic E-state index is 5.53. The van der Waals surface area contributed by atoms with E-state index in [2.05, 4.69) is 41.4 Å². The summed E-state index contributed by atoms with van der Waals surface area (Å²) in [5.74, 6) is 1.88. The van der Waals surface area contributed by atoms with Gasteiger partial charge in [-0.05, 0) is 26.0 Å². The van der Waals surface area contributed by atoms with Gasteiger partial charge in [-0.2, -0.15) is 5.10 Å². The van der Waals surface area contributed by atoms with Crippen LogP contribution < -0.4 is 10.1 Å². The molecule has 0 aliphatic carbocycles. The van der Waals surface area contributed by atoms with Crippen LogP contribution in [0.3, 0.4) is 0 Å². The van der Waals surface area contributed by atoms with E-state index in [-0.39, 0.29) is 6.04 Å². The average molecular weight is 288 g/mol. The number of nitrogens with one attached hydrogen (secondary N) is 1. The lowest BCUT2D eigenvalue weighted by atomic mass is 9.99. The first-order valence-electron chi connectivity index (χ1n) is 7.36. The molecular weight excluding hydrogens is 264 g/mol. The largest absolute Gasteiger partial charge is 0.496 e. The van der Waals surface area contributed by atoms with Crippen LogP contribution in [0, 0.1) is 6.92 Å². The van der Waals surface area contributed by atoms with E-state index in [1.165, 1.54) is 11.1 Å². The molecule has 114 valence electrons. The van der Waals surface area contributed by atoms with Crippen LogP contribution >= 0.6 is 0 Å². The van der Waals surface area contributed by atoms with Crippen LogP contribution in [0.25, 0.3) is 0 Å². The summed E-state index contributed by atoms with van der Waals surface area (Å²) in [4.78, 5) is 4.34. The van der Waals surface area contributed by atoms with Gasteiger partial charge in [-0.3, -0.25) is 4.68 Å². The first kappa shape index (κ1) is 15.5. The Morgan fingerprint density at radius 3 is 2.81 bits per heavy atom. The lowest BCUT2D eigenvalue weighted by Crippen LogP contribution is -2.25. The Morgan fingerprint density at radius 1 is 1.38 bits per heavy atom. The molecule has 0 aliphatic heterocycles. The quantitative estimate of drug-likeness (QED) is 0.850. The van der Waals surface area contributed by atoms with Crippen molar-refractivity contribution in [3.05, 3.63) is 41.5 Å². The predicted molar refractivity (Wildman–Crippen MR) is 83.5 cm³/mol. The van der Waals surface area contributed by atoms with E-state index >= 15 is 0 Å². The van der Waals surface area contributed by atoms with E-state index in [0.29, 0.717) is 0 Å². The minimum Gasteiger partial charge on any atom is -0.496 e. The van der Waals surface area contributed by atoms with Gasteiger partial charge in [-0.15, -0.1) is 0 Å². The molecule has 0 amide bonds. The van der Waals surface area contributed by atoms with Crippen molar-refractivity contribution in [3.8, 4) is 5.75 Å². The highest BCUT2D eigenvalue weighted by Gasteiger charge is 2.18. The number of hydrogen-bond acceptors (Lipinski definition) is 4. The predicted octanol–water partition coefficient (Wildman–Crippen LogP) is 2.42. The van der Waals surface area contributed by atoms with Crippen molar-refractivity contribution in [2.75, 3.05) is 13.7 Å². The lowest BCUT2D eigenvalue weighted by molar-refractivity contribution is 0.396. The molecule has 2 rings (SSSR count). The molecule has 0 aliphatic rings. The molecule has 0 saturated heterocycles. The van der Waals surface area contributed by atoms with Gasteiger partial charge in [0.1, 0.15) is 17.9 Å². The number of rotatable bonds is 7. The van der Waals surface area contributed by atoms with E-state index in [1.54, 1.807) is 13.4 Å². The molecule has 1 atom stereocenters. The Labute approximate surface area is 126 Å². The third kappa shape index (κ3) is 3.82. The number of ether oxygens (including phenoxy) is 1. The Bertz CT molecular complexity index is 579. The smallest absolute Gasteiger partial charge is 0.138 e. The first-order valence-corrected chi connectivity index (χ1v) is 7.36. The molecule has 5 heteroatoms. The monoisotopic (exact) mass is 288 g/mol. The Hall–Kier alpha value is -1.88. The van der Waals surface area contributed by atoms with Crippen LogP contribution in [0.1, 0.15) is 36.3 Å².